The van der Waals surface area contributed by atoms with Gasteiger partial charge in [-0.15, -0.1) is 0 Å². The van der Waals surface area contributed by atoms with E-state index in [0.29, 0.717) is 11.0 Å². The van der Waals surface area contributed by atoms with Gasteiger partial charge in [0.05, 0.1) is 6.61 Å². The number of hydrogen-bond acceptors (Lipinski definition) is 4. The second-order valence-electron chi connectivity index (χ2n) is 1.96. The first kappa shape index (κ1) is 8.30. The molecule has 1 saturated heterocycles. The zero-order valence-electron chi connectivity index (χ0n) is 5.83. The molecule has 1 aliphatic rings. The quantitative estimate of drug-likeness (QED) is 0.608. The highest BCUT2D eigenvalue weighted by Crippen LogP contribution is 2.19. The molecule has 0 bridgehead atoms. The van der Waals surface area contributed by atoms with E-state index in [2.05, 4.69) is 0 Å². The molecule has 1 heterocycles. The Morgan fingerprint density at radius 3 is 3.20 bits per heavy atom. The van der Waals surface area contributed by atoms with Crippen LogP contribution in [0.3, 0.4) is 0 Å². The summed E-state index contributed by atoms with van der Waals surface area (Å²) >= 11 is 6.42. The van der Waals surface area contributed by atoms with E-state index in [1.807, 2.05) is 6.92 Å². The average molecular weight is 178 g/mol. The van der Waals surface area contributed by atoms with E-state index in [1.165, 1.54) is 0 Å². The summed E-state index contributed by atoms with van der Waals surface area (Å²) in [7, 11) is 0. The van der Waals surface area contributed by atoms with Gasteiger partial charge in [-0.1, -0.05) is 11.8 Å². The second kappa shape index (κ2) is 4.16. The number of thiocarbonyl (C=S) groups is 1. The molecule has 0 aromatic rings. The molecule has 0 saturated carbocycles. The van der Waals surface area contributed by atoms with Crippen LogP contribution < -0.4 is 0 Å². The minimum atomic E-state index is 0.192. The second-order valence-corrected chi connectivity index (χ2v) is 3.58. The van der Waals surface area contributed by atoms with Crippen molar-refractivity contribution in [2.24, 2.45) is 0 Å². The maximum atomic E-state index is 5.23. The Labute approximate surface area is 70.3 Å². The zero-order valence-corrected chi connectivity index (χ0v) is 7.46. The van der Waals surface area contributed by atoms with Crippen molar-refractivity contribution in [3.63, 3.8) is 0 Å². The molecule has 1 rings (SSSR count). The van der Waals surface area contributed by atoms with Crippen LogP contribution in [-0.4, -0.2) is 29.5 Å². The van der Waals surface area contributed by atoms with E-state index >= 15 is 0 Å². The van der Waals surface area contributed by atoms with Gasteiger partial charge in [-0.3, -0.25) is 0 Å². The molecule has 0 aromatic carbocycles. The maximum absolute atomic E-state index is 5.23. The smallest absolute Gasteiger partial charge is 0.220 e. The minimum Gasteiger partial charge on any atom is -0.472 e. The molecule has 0 amide bonds. The fourth-order valence-corrected chi connectivity index (χ4v) is 1.73. The predicted molar refractivity (Wildman–Crippen MR) is 46.4 cm³/mol. The molecule has 0 spiro atoms. The fraction of sp³-hybridized carbons (Fsp3) is 0.833. The van der Waals surface area contributed by atoms with Crippen LogP contribution >= 0.6 is 24.0 Å². The normalized spacial score (nSPS) is 24.9. The molecule has 2 nitrogen and oxygen atoms in total. The highest BCUT2D eigenvalue weighted by Gasteiger charge is 2.20. The summed E-state index contributed by atoms with van der Waals surface area (Å²) in [6, 6.07) is 0. The van der Waals surface area contributed by atoms with Crippen molar-refractivity contribution in [3.05, 3.63) is 0 Å². The summed E-state index contributed by atoms with van der Waals surface area (Å²) in [6.45, 7) is 3.39. The summed E-state index contributed by atoms with van der Waals surface area (Å²) in [5, 5.41) is 0. The lowest BCUT2D eigenvalue weighted by Gasteiger charge is -2.07. The predicted octanol–water partition coefficient (Wildman–Crippen LogP) is 1.44. The highest BCUT2D eigenvalue weighted by molar-refractivity contribution is 8.22. The van der Waals surface area contributed by atoms with Crippen LogP contribution in [0.15, 0.2) is 0 Å². The Kier molecular flexibility index (Phi) is 3.45. The fourth-order valence-electron chi connectivity index (χ4n) is 0.697. The van der Waals surface area contributed by atoms with Crippen LogP contribution in [0.1, 0.15) is 6.92 Å². The van der Waals surface area contributed by atoms with Gasteiger partial charge in [-0.05, 0) is 19.1 Å². The van der Waals surface area contributed by atoms with Crippen molar-refractivity contribution in [3.8, 4) is 0 Å². The van der Waals surface area contributed by atoms with E-state index in [4.69, 9.17) is 21.7 Å². The van der Waals surface area contributed by atoms with Crippen LogP contribution in [0.5, 0.6) is 0 Å². The number of hydrogen-bond donors (Lipinski definition) is 0. The van der Waals surface area contributed by atoms with E-state index in [1.54, 1.807) is 11.8 Å². The van der Waals surface area contributed by atoms with E-state index < -0.39 is 0 Å². The van der Waals surface area contributed by atoms with Crippen molar-refractivity contribution in [1.82, 2.24) is 0 Å². The monoisotopic (exact) mass is 178 g/mol. The lowest BCUT2D eigenvalue weighted by atomic mass is 10.4. The molecular weight excluding hydrogens is 168 g/mol. The molecule has 1 atom stereocenters. The Morgan fingerprint density at radius 2 is 2.70 bits per heavy atom. The Balaban J connectivity index is 2.12. The van der Waals surface area contributed by atoms with Gasteiger partial charge in [0, 0.05) is 12.4 Å². The molecule has 0 aromatic heterocycles. The van der Waals surface area contributed by atoms with Crippen LogP contribution in [0, 0.1) is 0 Å². The molecule has 10 heavy (non-hydrogen) atoms. The number of thioether (sulfide) groups is 1. The molecule has 0 aliphatic carbocycles. The maximum Gasteiger partial charge on any atom is 0.220 e. The molecule has 0 radical (unpaired) electrons. The SMILES string of the molecule is CCOCC1CSC(=S)O1. The number of rotatable bonds is 3. The third-order valence-electron chi connectivity index (χ3n) is 1.16. The van der Waals surface area contributed by atoms with Crippen molar-refractivity contribution < 1.29 is 9.47 Å². The molecular formula is C6H10O2S2. The first-order valence-corrected chi connectivity index (χ1v) is 4.63. The summed E-state index contributed by atoms with van der Waals surface area (Å²) in [4.78, 5) is 0. The van der Waals surface area contributed by atoms with Gasteiger partial charge in [-0.2, -0.15) is 0 Å². The van der Waals surface area contributed by atoms with Gasteiger partial charge in [0.1, 0.15) is 6.10 Å². The third kappa shape index (κ3) is 2.44. The molecule has 0 N–H and O–H groups in total. The number of ether oxygens (including phenoxy) is 2. The van der Waals surface area contributed by atoms with Crippen molar-refractivity contribution in [2.45, 2.75) is 13.0 Å². The van der Waals surface area contributed by atoms with E-state index in [-0.39, 0.29) is 6.10 Å². The van der Waals surface area contributed by atoms with Gasteiger partial charge in [0.25, 0.3) is 0 Å². The van der Waals surface area contributed by atoms with Gasteiger partial charge >= 0.3 is 0 Å². The summed E-state index contributed by atoms with van der Waals surface area (Å²) in [5.41, 5.74) is 0. The average Bonchev–Trinajstić information content (AvgIpc) is 2.31. The molecule has 1 aliphatic heterocycles. The molecule has 58 valence electrons. The van der Waals surface area contributed by atoms with Crippen LogP contribution in [-0.2, 0) is 9.47 Å². The molecule has 1 fully saturated rings. The zero-order chi connectivity index (χ0) is 7.40. The van der Waals surface area contributed by atoms with Crippen molar-refractivity contribution in [2.75, 3.05) is 19.0 Å². The van der Waals surface area contributed by atoms with Gasteiger partial charge in [0.15, 0.2) is 0 Å². The van der Waals surface area contributed by atoms with Gasteiger partial charge < -0.3 is 9.47 Å². The summed E-state index contributed by atoms with van der Waals surface area (Å²) in [6.07, 6.45) is 0.192. The lowest BCUT2D eigenvalue weighted by Crippen LogP contribution is -2.17. The first-order valence-electron chi connectivity index (χ1n) is 3.24. The highest BCUT2D eigenvalue weighted by atomic mass is 32.2. The Hall–Kier alpha value is 0.200. The molecule has 1 unspecified atom stereocenters. The van der Waals surface area contributed by atoms with Gasteiger partial charge in [-0.25, -0.2) is 0 Å². The standard InChI is InChI=1S/C6H10O2S2/c1-2-7-3-5-4-10-6(9)8-5/h5H,2-4H2,1H3. The molecule has 4 heteroatoms. The van der Waals surface area contributed by atoms with Crippen LogP contribution in [0.4, 0.5) is 0 Å². The van der Waals surface area contributed by atoms with Crippen LogP contribution in [0.25, 0.3) is 0 Å². The summed E-state index contributed by atoms with van der Waals surface area (Å²) in [5.74, 6) is 0.943. The summed E-state index contributed by atoms with van der Waals surface area (Å²) < 4.78 is 11.1. The van der Waals surface area contributed by atoms with Gasteiger partial charge in [0.2, 0.25) is 4.38 Å². The topological polar surface area (TPSA) is 18.5 Å². The Bertz CT molecular complexity index is 127. The van der Waals surface area contributed by atoms with Crippen molar-refractivity contribution in [1.29, 1.82) is 0 Å². The first-order chi connectivity index (χ1) is 4.83. The van der Waals surface area contributed by atoms with E-state index in [0.717, 1.165) is 12.4 Å². The van der Waals surface area contributed by atoms with Crippen LogP contribution in [0.2, 0.25) is 0 Å². The Morgan fingerprint density at radius 1 is 1.90 bits per heavy atom. The largest absolute Gasteiger partial charge is 0.472 e. The third-order valence-corrected chi connectivity index (χ3v) is 2.48. The van der Waals surface area contributed by atoms with E-state index in [9.17, 15) is 0 Å². The lowest BCUT2D eigenvalue weighted by molar-refractivity contribution is 0.0696. The minimum absolute atomic E-state index is 0.192. The van der Waals surface area contributed by atoms with Crippen molar-refractivity contribution >= 4 is 28.4 Å².